The molecule has 0 atom stereocenters. The van der Waals surface area contributed by atoms with Crippen molar-refractivity contribution in [2.75, 3.05) is 5.88 Å². The third-order valence-electron chi connectivity index (χ3n) is 1.47. The number of hydrogen-bond donors (Lipinski definition) is 2. The van der Waals surface area contributed by atoms with Crippen LogP contribution in [0.3, 0.4) is 0 Å². The summed E-state index contributed by atoms with van der Waals surface area (Å²) in [6, 6.07) is 1.35. The normalized spacial score (nSPS) is 9.73. The molecule has 1 heterocycles. The molecule has 3 amide bonds. The number of amides is 3. The van der Waals surface area contributed by atoms with Gasteiger partial charge >= 0.3 is 6.03 Å². The van der Waals surface area contributed by atoms with E-state index in [1.807, 2.05) is 11.4 Å². The Morgan fingerprint density at radius 1 is 1.53 bits per heavy atom. The Kier molecular flexibility index (Phi) is 5.07. The van der Waals surface area contributed by atoms with E-state index >= 15 is 0 Å². The first-order valence-corrected chi connectivity index (χ1v) is 6.19. The van der Waals surface area contributed by atoms with Gasteiger partial charge in [0, 0.05) is 9.35 Å². The van der Waals surface area contributed by atoms with Crippen molar-refractivity contribution in [3.05, 3.63) is 20.8 Å². The van der Waals surface area contributed by atoms with E-state index in [9.17, 15) is 9.59 Å². The second-order valence-electron chi connectivity index (χ2n) is 2.56. The summed E-state index contributed by atoms with van der Waals surface area (Å²) in [6.07, 6.45) is 0. The number of alkyl halides is 1. The number of rotatable bonds is 3. The highest BCUT2D eigenvalue weighted by atomic mass is 79.9. The van der Waals surface area contributed by atoms with Crippen LogP contribution in [0.25, 0.3) is 0 Å². The lowest BCUT2D eigenvalue weighted by atomic mass is 10.5. The zero-order chi connectivity index (χ0) is 11.3. The van der Waals surface area contributed by atoms with Gasteiger partial charge in [0.05, 0.1) is 6.54 Å². The van der Waals surface area contributed by atoms with Crippen LogP contribution in [-0.4, -0.2) is 17.8 Å². The van der Waals surface area contributed by atoms with Gasteiger partial charge in [-0.1, -0.05) is 0 Å². The highest BCUT2D eigenvalue weighted by molar-refractivity contribution is 9.10. The molecular formula is C8H8BrClN2O2S. The summed E-state index contributed by atoms with van der Waals surface area (Å²) >= 11 is 10.1. The van der Waals surface area contributed by atoms with Crippen LogP contribution in [0, 0.1) is 0 Å². The van der Waals surface area contributed by atoms with Gasteiger partial charge in [-0.05, 0) is 27.4 Å². The number of thiophene rings is 1. The Morgan fingerprint density at radius 2 is 2.27 bits per heavy atom. The molecule has 0 unspecified atom stereocenters. The average molecular weight is 312 g/mol. The summed E-state index contributed by atoms with van der Waals surface area (Å²) in [5, 5.41) is 6.53. The Bertz CT molecular complexity index is 369. The third-order valence-corrected chi connectivity index (χ3v) is 3.64. The molecule has 82 valence electrons. The van der Waals surface area contributed by atoms with E-state index in [1.54, 1.807) is 0 Å². The molecule has 2 N–H and O–H groups in total. The van der Waals surface area contributed by atoms with Crippen LogP contribution < -0.4 is 10.6 Å². The number of hydrogen-bond acceptors (Lipinski definition) is 3. The summed E-state index contributed by atoms with van der Waals surface area (Å²) in [5.41, 5.74) is 0. The van der Waals surface area contributed by atoms with Gasteiger partial charge in [0.25, 0.3) is 0 Å². The Hall–Kier alpha value is -0.590. The molecule has 0 saturated heterocycles. The van der Waals surface area contributed by atoms with Gasteiger partial charge < -0.3 is 5.32 Å². The lowest BCUT2D eigenvalue weighted by Gasteiger charge is -2.04. The maximum absolute atomic E-state index is 11.1. The Morgan fingerprint density at radius 3 is 2.80 bits per heavy atom. The van der Waals surface area contributed by atoms with Gasteiger partial charge in [-0.3, -0.25) is 10.1 Å². The number of halogens is 2. The van der Waals surface area contributed by atoms with Gasteiger partial charge in [-0.25, -0.2) is 4.79 Å². The van der Waals surface area contributed by atoms with E-state index in [1.165, 1.54) is 11.3 Å². The summed E-state index contributed by atoms with van der Waals surface area (Å²) in [4.78, 5) is 22.8. The van der Waals surface area contributed by atoms with E-state index < -0.39 is 11.9 Å². The number of nitrogens with one attached hydrogen (secondary N) is 2. The lowest BCUT2D eigenvalue weighted by molar-refractivity contribution is -0.117. The number of carbonyl (C=O) groups is 2. The van der Waals surface area contributed by atoms with Crippen LogP contribution in [0.2, 0.25) is 0 Å². The molecule has 4 nitrogen and oxygen atoms in total. The van der Waals surface area contributed by atoms with Crippen molar-refractivity contribution in [1.82, 2.24) is 10.6 Å². The first-order valence-electron chi connectivity index (χ1n) is 3.99. The fraction of sp³-hybridized carbons (Fsp3) is 0.250. The van der Waals surface area contributed by atoms with Crippen molar-refractivity contribution in [3.8, 4) is 0 Å². The molecular weight excluding hydrogens is 304 g/mol. The summed E-state index contributed by atoms with van der Waals surface area (Å²) < 4.78 is 0.941. The van der Waals surface area contributed by atoms with Gasteiger partial charge in [0.15, 0.2) is 0 Å². The Balaban J connectivity index is 2.35. The van der Waals surface area contributed by atoms with Crippen molar-refractivity contribution < 1.29 is 9.59 Å². The predicted molar refractivity (Wildman–Crippen MR) is 63.1 cm³/mol. The minimum atomic E-state index is -0.541. The standard InChI is InChI=1S/C8H8BrClN2O2S/c9-5-1-2-15-6(5)4-11-8(14)12-7(13)3-10/h1-2H,3-4H2,(H2,11,12,13,14). The molecule has 0 aromatic carbocycles. The molecule has 0 saturated carbocycles. The maximum Gasteiger partial charge on any atom is 0.321 e. The van der Waals surface area contributed by atoms with Crippen LogP contribution in [0.1, 0.15) is 4.88 Å². The van der Waals surface area contributed by atoms with Crippen molar-refractivity contribution in [3.63, 3.8) is 0 Å². The molecule has 0 bridgehead atoms. The zero-order valence-electron chi connectivity index (χ0n) is 7.55. The largest absolute Gasteiger partial charge is 0.333 e. The van der Waals surface area contributed by atoms with Crippen LogP contribution in [0.5, 0.6) is 0 Å². The first kappa shape index (κ1) is 12.5. The number of urea groups is 1. The van der Waals surface area contributed by atoms with Crippen molar-refractivity contribution >= 4 is 50.8 Å². The minimum Gasteiger partial charge on any atom is -0.333 e. The summed E-state index contributed by atoms with van der Waals surface area (Å²) in [5.74, 6) is -0.741. The van der Waals surface area contributed by atoms with E-state index in [-0.39, 0.29) is 5.88 Å². The van der Waals surface area contributed by atoms with Crippen molar-refractivity contribution in [2.24, 2.45) is 0 Å². The van der Waals surface area contributed by atoms with E-state index in [4.69, 9.17) is 11.6 Å². The first-order chi connectivity index (χ1) is 7.13. The molecule has 0 spiro atoms. The van der Waals surface area contributed by atoms with Gasteiger partial charge in [0.2, 0.25) is 5.91 Å². The second-order valence-corrected chi connectivity index (χ2v) is 4.68. The van der Waals surface area contributed by atoms with E-state index in [0.29, 0.717) is 6.54 Å². The highest BCUT2D eigenvalue weighted by Crippen LogP contribution is 2.21. The SMILES string of the molecule is O=C(CCl)NC(=O)NCc1sccc1Br. The quantitative estimate of drug-likeness (QED) is 0.840. The molecule has 15 heavy (non-hydrogen) atoms. The van der Waals surface area contributed by atoms with E-state index in [0.717, 1.165) is 9.35 Å². The fourth-order valence-electron chi connectivity index (χ4n) is 0.816. The molecule has 1 aromatic rings. The molecule has 0 aliphatic rings. The number of carbonyl (C=O) groups excluding carboxylic acids is 2. The van der Waals surface area contributed by atoms with Gasteiger partial charge in [-0.2, -0.15) is 0 Å². The van der Waals surface area contributed by atoms with E-state index in [2.05, 4.69) is 26.6 Å². The van der Waals surface area contributed by atoms with Gasteiger partial charge in [0.1, 0.15) is 5.88 Å². The maximum atomic E-state index is 11.1. The van der Waals surface area contributed by atoms with Crippen molar-refractivity contribution in [1.29, 1.82) is 0 Å². The third kappa shape index (κ3) is 4.19. The molecule has 0 aliphatic carbocycles. The molecule has 1 aromatic heterocycles. The second kappa shape index (κ2) is 6.09. The van der Waals surface area contributed by atoms with Crippen LogP contribution in [0.4, 0.5) is 4.79 Å². The van der Waals surface area contributed by atoms with Gasteiger partial charge in [-0.15, -0.1) is 22.9 Å². The van der Waals surface area contributed by atoms with Crippen LogP contribution in [-0.2, 0) is 11.3 Å². The van der Waals surface area contributed by atoms with Crippen molar-refractivity contribution in [2.45, 2.75) is 6.54 Å². The molecule has 0 fully saturated rings. The lowest BCUT2D eigenvalue weighted by Crippen LogP contribution is -2.39. The average Bonchev–Trinajstić information content (AvgIpc) is 2.61. The number of imide groups is 1. The zero-order valence-corrected chi connectivity index (χ0v) is 10.7. The molecule has 0 radical (unpaired) electrons. The smallest absolute Gasteiger partial charge is 0.321 e. The topological polar surface area (TPSA) is 58.2 Å². The minimum absolute atomic E-state index is 0.226. The predicted octanol–water partition coefficient (Wildman–Crippen LogP) is 2.08. The monoisotopic (exact) mass is 310 g/mol. The fourth-order valence-corrected chi connectivity index (χ4v) is 2.32. The highest BCUT2D eigenvalue weighted by Gasteiger charge is 2.07. The molecule has 0 aliphatic heterocycles. The Labute approximate surface area is 104 Å². The summed E-state index contributed by atoms with van der Waals surface area (Å²) in [7, 11) is 0. The van der Waals surface area contributed by atoms with Crippen LogP contribution >= 0.6 is 38.9 Å². The molecule has 7 heteroatoms. The summed E-state index contributed by atoms with van der Waals surface area (Å²) in [6.45, 7) is 0.375. The van der Waals surface area contributed by atoms with Crippen LogP contribution in [0.15, 0.2) is 15.9 Å². The molecule has 1 rings (SSSR count).